The Morgan fingerprint density at radius 2 is 2.08 bits per heavy atom. The van der Waals surface area contributed by atoms with Crippen molar-refractivity contribution in [2.75, 3.05) is 11.6 Å². The van der Waals surface area contributed by atoms with Gasteiger partial charge in [0.05, 0.1) is 6.26 Å². The van der Waals surface area contributed by atoms with Crippen molar-refractivity contribution in [1.82, 2.24) is 9.62 Å². The monoisotopic (exact) mass is 588 g/mol. The van der Waals surface area contributed by atoms with Gasteiger partial charge in [0, 0.05) is 35.6 Å². The predicted octanol–water partition coefficient (Wildman–Crippen LogP) is 3.13. The van der Waals surface area contributed by atoms with Gasteiger partial charge in [-0.3, -0.25) is 4.79 Å². The van der Waals surface area contributed by atoms with E-state index in [4.69, 9.17) is 11.6 Å². The zero-order valence-corrected chi connectivity index (χ0v) is 22.6. The minimum absolute atomic E-state index is 0.0431. The average Bonchev–Trinajstić information content (AvgIpc) is 3.44. The molecule has 2 atom stereocenters. The lowest BCUT2D eigenvalue weighted by Crippen LogP contribution is -2.49. The van der Waals surface area contributed by atoms with Gasteiger partial charge in [0.15, 0.2) is 5.84 Å². The van der Waals surface area contributed by atoms with Crippen LogP contribution in [0.4, 0.5) is 9.39 Å². The van der Waals surface area contributed by atoms with E-state index in [0.29, 0.717) is 18.4 Å². The van der Waals surface area contributed by atoms with Crippen LogP contribution in [0.5, 0.6) is 0 Å². The maximum absolute atomic E-state index is 13.7. The molecule has 10 nitrogen and oxygen atoms in total. The minimum atomic E-state index is -4.33. The summed E-state index contributed by atoms with van der Waals surface area (Å²) in [5, 5.41) is 15.7. The summed E-state index contributed by atoms with van der Waals surface area (Å²) in [4.78, 5) is 15.0. The van der Waals surface area contributed by atoms with Crippen molar-refractivity contribution < 1.29 is 31.1 Å². The third kappa shape index (κ3) is 4.88. The number of amides is 1. The molecule has 2 aliphatic heterocycles. The van der Waals surface area contributed by atoms with Crippen LogP contribution in [0.2, 0.25) is 5.02 Å². The third-order valence-electron chi connectivity index (χ3n) is 6.60. The van der Waals surface area contributed by atoms with Crippen molar-refractivity contribution in [3.05, 3.63) is 56.9 Å². The summed E-state index contributed by atoms with van der Waals surface area (Å²) >= 11 is 7.22. The van der Waals surface area contributed by atoms with Crippen LogP contribution in [0.25, 0.3) is 0 Å². The second-order valence-electron chi connectivity index (χ2n) is 9.09. The van der Waals surface area contributed by atoms with Gasteiger partial charge in [-0.05, 0) is 35.9 Å². The summed E-state index contributed by atoms with van der Waals surface area (Å²) in [7, 11) is -7.90. The standard InChI is InChI=1S/C22H22ClFN4O6S3/c1-36(31,32)25-8-12-10-35-21-19(12)37(33,34)27-20(26-21)17-18(29)14-3-2-4-16(14)28(22(17)30)9-11-5-6-13(24)7-15(11)23/h5-7,10,14,16,25,29H,2-4,8-9H2,1H3,(H,26,27)/t14-,16+/m1/s1. The van der Waals surface area contributed by atoms with Crippen LogP contribution in [-0.2, 0) is 37.9 Å². The van der Waals surface area contributed by atoms with Crippen LogP contribution in [-0.4, -0.2) is 50.9 Å². The van der Waals surface area contributed by atoms with Gasteiger partial charge in [-0.1, -0.05) is 24.1 Å². The zero-order valence-electron chi connectivity index (χ0n) is 19.4. The number of nitrogens with zero attached hydrogens (tertiary/aromatic N) is 2. The molecule has 1 aliphatic carbocycles. The molecule has 198 valence electrons. The molecule has 3 heterocycles. The molecule has 15 heteroatoms. The van der Waals surface area contributed by atoms with Crippen LogP contribution in [0.15, 0.2) is 44.2 Å². The van der Waals surface area contributed by atoms with Crippen LogP contribution < -0.4 is 10.0 Å². The summed E-state index contributed by atoms with van der Waals surface area (Å²) in [5.41, 5.74) is 0.467. The Hall–Kier alpha value is -2.52. The SMILES string of the molecule is CS(=O)(=O)NCc1csc2c1S(=O)(=O)N=C(C1=C(O)[C@@H]3CCC[C@@H]3N(Cc3ccc(F)cc3Cl)C1=O)N2. The largest absolute Gasteiger partial charge is 0.511 e. The normalized spacial score (nSPS) is 22.9. The van der Waals surface area contributed by atoms with E-state index in [-0.39, 0.29) is 56.8 Å². The van der Waals surface area contributed by atoms with Crippen LogP contribution in [0.1, 0.15) is 30.4 Å². The number of carbonyl (C=O) groups excluding carboxylic acids is 1. The average molecular weight is 589 g/mol. The summed E-state index contributed by atoms with van der Waals surface area (Å²) in [6.45, 7) is -0.208. The molecule has 5 rings (SSSR count). The molecule has 37 heavy (non-hydrogen) atoms. The van der Waals surface area contributed by atoms with Gasteiger partial charge in [0.2, 0.25) is 10.0 Å². The molecule has 0 unspecified atom stereocenters. The van der Waals surface area contributed by atoms with E-state index in [9.17, 15) is 31.1 Å². The molecule has 0 saturated heterocycles. The number of sulfonamides is 2. The number of aliphatic hydroxyl groups is 1. The first kappa shape index (κ1) is 26.1. The van der Waals surface area contributed by atoms with Gasteiger partial charge in [0.1, 0.15) is 27.0 Å². The van der Waals surface area contributed by atoms with Gasteiger partial charge in [-0.15, -0.1) is 15.7 Å². The van der Waals surface area contributed by atoms with Gasteiger partial charge in [-0.25, -0.2) is 17.5 Å². The predicted molar refractivity (Wildman–Crippen MR) is 137 cm³/mol. The van der Waals surface area contributed by atoms with Crippen molar-refractivity contribution in [2.24, 2.45) is 10.3 Å². The van der Waals surface area contributed by atoms with E-state index < -0.39 is 37.7 Å². The first-order valence-electron chi connectivity index (χ1n) is 11.2. The number of fused-ring (bicyclic) bond motifs is 2. The summed E-state index contributed by atoms with van der Waals surface area (Å²) < 4.78 is 68.9. The van der Waals surface area contributed by atoms with E-state index in [1.54, 1.807) is 0 Å². The molecule has 1 aromatic heterocycles. The van der Waals surface area contributed by atoms with E-state index in [0.717, 1.165) is 30.1 Å². The minimum Gasteiger partial charge on any atom is -0.511 e. The molecule has 3 N–H and O–H groups in total. The maximum atomic E-state index is 13.7. The lowest BCUT2D eigenvalue weighted by atomic mass is 9.90. The van der Waals surface area contributed by atoms with Crippen LogP contribution in [0, 0.1) is 11.7 Å². The number of halogens is 2. The molecule has 1 saturated carbocycles. The second-order valence-corrected chi connectivity index (χ2v) is 13.7. The highest BCUT2D eigenvalue weighted by molar-refractivity contribution is 7.91. The Bertz CT molecular complexity index is 1580. The summed E-state index contributed by atoms with van der Waals surface area (Å²) in [6.07, 6.45) is 2.93. The Balaban J connectivity index is 1.52. The number of carbonyl (C=O) groups is 1. The lowest BCUT2D eigenvalue weighted by molar-refractivity contribution is -0.132. The van der Waals surface area contributed by atoms with Crippen molar-refractivity contribution in [3.8, 4) is 0 Å². The molecule has 3 aliphatic rings. The number of aliphatic hydroxyl groups excluding tert-OH is 1. The van der Waals surface area contributed by atoms with E-state index >= 15 is 0 Å². The third-order valence-corrected chi connectivity index (χ3v) is 10.1. The smallest absolute Gasteiger partial charge is 0.287 e. The lowest BCUT2D eigenvalue weighted by Gasteiger charge is -2.39. The number of nitrogens with one attached hydrogen (secondary N) is 2. The number of thiophene rings is 1. The first-order valence-corrected chi connectivity index (χ1v) is 15.8. The highest BCUT2D eigenvalue weighted by Gasteiger charge is 2.47. The van der Waals surface area contributed by atoms with E-state index in [1.807, 2.05) is 0 Å². The molecule has 0 bridgehead atoms. The quantitative estimate of drug-likeness (QED) is 0.470. The maximum Gasteiger partial charge on any atom is 0.287 e. The van der Waals surface area contributed by atoms with Gasteiger partial charge < -0.3 is 15.3 Å². The number of hydrogen-bond acceptors (Lipinski definition) is 8. The Kier molecular flexibility index (Phi) is 6.59. The number of amidine groups is 1. The topological polar surface area (TPSA) is 145 Å². The second kappa shape index (κ2) is 9.34. The Labute approximate surface area is 222 Å². The van der Waals surface area contributed by atoms with Gasteiger partial charge in [-0.2, -0.15) is 8.42 Å². The molecule has 1 fully saturated rings. The fourth-order valence-electron chi connectivity index (χ4n) is 4.95. The van der Waals surface area contributed by atoms with E-state index in [2.05, 4.69) is 14.4 Å². The fourth-order valence-corrected chi connectivity index (χ4v) is 8.20. The molecule has 1 amide bonds. The van der Waals surface area contributed by atoms with Crippen molar-refractivity contribution >= 4 is 59.7 Å². The molecule has 0 spiro atoms. The summed E-state index contributed by atoms with van der Waals surface area (Å²) in [5.74, 6) is -2.09. The van der Waals surface area contributed by atoms with Gasteiger partial charge >= 0.3 is 0 Å². The van der Waals surface area contributed by atoms with E-state index in [1.165, 1.54) is 22.4 Å². The fraction of sp³-hybridized carbons (Fsp3) is 0.364. The highest BCUT2D eigenvalue weighted by Crippen LogP contribution is 2.43. The van der Waals surface area contributed by atoms with Gasteiger partial charge in [0.25, 0.3) is 15.9 Å². The summed E-state index contributed by atoms with van der Waals surface area (Å²) in [6, 6.07) is 3.55. The molecule has 2 aromatic rings. The Morgan fingerprint density at radius 1 is 1.32 bits per heavy atom. The highest BCUT2D eigenvalue weighted by atomic mass is 35.5. The first-order chi connectivity index (χ1) is 17.4. The molecule has 1 aromatic carbocycles. The van der Waals surface area contributed by atoms with Crippen LogP contribution >= 0.6 is 22.9 Å². The molecular formula is C22H22ClFN4O6S3. The van der Waals surface area contributed by atoms with Crippen molar-refractivity contribution in [2.45, 2.75) is 43.3 Å². The van der Waals surface area contributed by atoms with Crippen LogP contribution in [0.3, 0.4) is 0 Å². The number of hydrogen-bond donors (Lipinski definition) is 3. The zero-order chi connectivity index (χ0) is 26.7. The Morgan fingerprint density at radius 3 is 2.78 bits per heavy atom. The number of benzene rings is 1. The van der Waals surface area contributed by atoms with Crippen molar-refractivity contribution in [1.29, 1.82) is 0 Å². The molecule has 0 radical (unpaired) electrons. The van der Waals surface area contributed by atoms with Crippen molar-refractivity contribution in [3.63, 3.8) is 0 Å². The number of anilines is 1. The molecular weight excluding hydrogens is 567 g/mol. The number of rotatable bonds is 6.